The van der Waals surface area contributed by atoms with Crippen molar-refractivity contribution in [3.05, 3.63) is 18.2 Å². The summed E-state index contributed by atoms with van der Waals surface area (Å²) < 4.78 is 0. The van der Waals surface area contributed by atoms with Gasteiger partial charge in [0.05, 0.1) is 5.69 Å². The maximum atomic E-state index is 11.2. The van der Waals surface area contributed by atoms with Crippen molar-refractivity contribution in [2.75, 3.05) is 22.9 Å². The molecule has 0 amide bonds. The second-order valence-electron chi connectivity index (χ2n) is 4.03. The predicted molar refractivity (Wildman–Crippen MR) is 70.6 cm³/mol. The van der Waals surface area contributed by atoms with E-state index in [-0.39, 0.29) is 0 Å². The molecule has 4 nitrogen and oxygen atoms in total. The summed E-state index contributed by atoms with van der Waals surface area (Å²) in [4.78, 5) is 14.3. The number of carbonyl (C=O) groups is 1. The van der Waals surface area contributed by atoms with Crippen molar-refractivity contribution in [3.63, 3.8) is 0 Å². The van der Waals surface area contributed by atoms with Crippen LogP contribution in [0.15, 0.2) is 23.1 Å². The fourth-order valence-corrected chi connectivity index (χ4v) is 3.10. The lowest BCUT2D eigenvalue weighted by Gasteiger charge is -2.35. The van der Waals surface area contributed by atoms with Crippen molar-refractivity contribution in [1.29, 1.82) is 0 Å². The van der Waals surface area contributed by atoms with E-state index >= 15 is 0 Å². The molecule has 2 rings (SSSR count). The highest BCUT2D eigenvalue weighted by Crippen LogP contribution is 2.37. The fraction of sp³-hybridized carbons (Fsp3) is 0.417. The minimum atomic E-state index is -0.771. The Balaban J connectivity index is 2.39. The number of hydrogen-bond acceptors (Lipinski definition) is 4. The summed E-state index contributed by atoms with van der Waals surface area (Å²) in [5.41, 5.74) is 7.41. The summed E-state index contributed by atoms with van der Waals surface area (Å²) in [6.07, 6.45) is 0.592. The number of rotatable bonds is 3. The third-order valence-corrected chi connectivity index (χ3v) is 3.97. The lowest BCUT2D eigenvalue weighted by molar-refractivity contribution is -0.138. The quantitative estimate of drug-likeness (QED) is 0.806. The average molecular weight is 252 g/mol. The first-order valence-corrected chi connectivity index (χ1v) is 6.63. The van der Waals surface area contributed by atoms with Crippen LogP contribution in [0.25, 0.3) is 0 Å². The number of carboxylic acid groups (broad SMARTS) is 1. The molecule has 92 valence electrons. The molecule has 0 radical (unpaired) electrons. The first-order chi connectivity index (χ1) is 8.13. The molecule has 5 heteroatoms. The van der Waals surface area contributed by atoms with Crippen molar-refractivity contribution < 1.29 is 9.90 Å². The van der Waals surface area contributed by atoms with Crippen molar-refractivity contribution in [3.8, 4) is 0 Å². The van der Waals surface area contributed by atoms with Gasteiger partial charge in [-0.3, -0.25) is 0 Å². The van der Waals surface area contributed by atoms with Gasteiger partial charge in [-0.2, -0.15) is 0 Å². The molecule has 1 unspecified atom stereocenters. The van der Waals surface area contributed by atoms with Crippen LogP contribution in [0.3, 0.4) is 0 Å². The van der Waals surface area contributed by atoms with E-state index in [0.717, 1.165) is 22.9 Å². The number of anilines is 2. The van der Waals surface area contributed by atoms with E-state index in [0.29, 0.717) is 12.1 Å². The van der Waals surface area contributed by atoms with E-state index in [4.69, 9.17) is 5.73 Å². The number of nitrogens with two attached hydrogens (primary N) is 1. The lowest BCUT2D eigenvalue weighted by Crippen LogP contribution is -2.43. The maximum Gasteiger partial charge on any atom is 0.326 e. The third kappa shape index (κ3) is 2.34. The van der Waals surface area contributed by atoms with Gasteiger partial charge in [0, 0.05) is 22.9 Å². The zero-order chi connectivity index (χ0) is 12.4. The van der Waals surface area contributed by atoms with E-state index in [1.165, 1.54) is 0 Å². The van der Waals surface area contributed by atoms with Gasteiger partial charge in [-0.1, -0.05) is 6.92 Å². The Hall–Kier alpha value is -1.36. The summed E-state index contributed by atoms with van der Waals surface area (Å²) in [5.74, 6) is 0.147. The number of benzene rings is 1. The molecular formula is C12H16N2O2S. The van der Waals surface area contributed by atoms with Gasteiger partial charge < -0.3 is 15.7 Å². The molecular weight excluding hydrogens is 236 g/mol. The molecule has 17 heavy (non-hydrogen) atoms. The summed E-state index contributed by atoms with van der Waals surface area (Å²) >= 11 is 1.75. The van der Waals surface area contributed by atoms with Gasteiger partial charge in [-0.05, 0) is 24.6 Å². The van der Waals surface area contributed by atoms with Gasteiger partial charge in [0.1, 0.15) is 6.04 Å². The van der Waals surface area contributed by atoms with E-state index in [1.54, 1.807) is 11.8 Å². The fourth-order valence-electron chi connectivity index (χ4n) is 2.11. The highest BCUT2D eigenvalue weighted by atomic mass is 32.2. The van der Waals surface area contributed by atoms with Crippen molar-refractivity contribution in [1.82, 2.24) is 0 Å². The van der Waals surface area contributed by atoms with Crippen LogP contribution in [0.2, 0.25) is 0 Å². The summed E-state index contributed by atoms with van der Waals surface area (Å²) in [5, 5.41) is 9.24. The molecule has 1 aromatic carbocycles. The molecule has 0 saturated carbocycles. The topological polar surface area (TPSA) is 66.6 Å². The predicted octanol–water partition coefficient (Wildman–Crippen LogP) is 2.04. The molecule has 1 atom stereocenters. The van der Waals surface area contributed by atoms with Crippen LogP contribution in [0.4, 0.5) is 11.4 Å². The van der Waals surface area contributed by atoms with Crippen molar-refractivity contribution in [2.24, 2.45) is 0 Å². The van der Waals surface area contributed by atoms with Crippen molar-refractivity contribution in [2.45, 2.75) is 24.3 Å². The number of aliphatic carboxylic acids is 1. The third-order valence-electron chi connectivity index (χ3n) is 2.93. The van der Waals surface area contributed by atoms with Crippen LogP contribution >= 0.6 is 11.8 Å². The normalized spacial score (nSPS) is 16.4. The Labute approximate surface area is 105 Å². The Morgan fingerprint density at radius 2 is 2.41 bits per heavy atom. The van der Waals surface area contributed by atoms with Gasteiger partial charge in [-0.15, -0.1) is 11.8 Å². The molecule has 3 N–H and O–H groups in total. The minimum absolute atomic E-state index is 0.462. The Morgan fingerprint density at radius 1 is 1.65 bits per heavy atom. The van der Waals surface area contributed by atoms with E-state index < -0.39 is 12.0 Å². The molecule has 1 heterocycles. The molecule has 0 spiro atoms. The molecule has 0 aliphatic carbocycles. The number of thioether (sulfide) groups is 1. The van der Waals surface area contributed by atoms with E-state index in [1.807, 2.05) is 30.0 Å². The molecule has 1 aliphatic heterocycles. The number of nitrogen functional groups attached to an aromatic ring is 1. The summed E-state index contributed by atoms with van der Waals surface area (Å²) in [7, 11) is 0. The Kier molecular flexibility index (Phi) is 3.47. The van der Waals surface area contributed by atoms with Crippen molar-refractivity contribution >= 4 is 29.1 Å². The first-order valence-electron chi connectivity index (χ1n) is 5.65. The van der Waals surface area contributed by atoms with Gasteiger partial charge in [0.15, 0.2) is 0 Å². The smallest absolute Gasteiger partial charge is 0.326 e. The maximum absolute atomic E-state index is 11.2. The van der Waals surface area contributed by atoms with Gasteiger partial charge >= 0.3 is 5.97 Å². The van der Waals surface area contributed by atoms with Gasteiger partial charge in [0.25, 0.3) is 0 Å². The molecule has 0 saturated heterocycles. The molecule has 0 bridgehead atoms. The van der Waals surface area contributed by atoms with Gasteiger partial charge in [-0.25, -0.2) is 4.79 Å². The number of carboxylic acids is 1. The second kappa shape index (κ2) is 4.87. The SMILES string of the molecule is CCC(C(=O)O)N1CCSc2ccc(N)cc21. The molecule has 0 fully saturated rings. The Morgan fingerprint density at radius 3 is 3.06 bits per heavy atom. The monoisotopic (exact) mass is 252 g/mol. The Bertz CT molecular complexity index is 437. The standard InChI is InChI=1S/C12H16N2O2S/c1-2-9(12(15)16)14-5-6-17-11-4-3-8(13)7-10(11)14/h3-4,7,9H,2,5-6,13H2,1H3,(H,15,16). The highest BCUT2D eigenvalue weighted by Gasteiger charge is 2.28. The molecule has 1 aliphatic rings. The van der Waals surface area contributed by atoms with Crippen LogP contribution in [-0.2, 0) is 4.79 Å². The largest absolute Gasteiger partial charge is 0.480 e. The second-order valence-corrected chi connectivity index (χ2v) is 5.17. The number of fused-ring (bicyclic) bond motifs is 1. The van der Waals surface area contributed by atoms with E-state index in [2.05, 4.69) is 0 Å². The molecule has 1 aromatic rings. The van der Waals surface area contributed by atoms with Crippen LogP contribution in [0.5, 0.6) is 0 Å². The zero-order valence-corrected chi connectivity index (χ0v) is 10.5. The minimum Gasteiger partial charge on any atom is -0.480 e. The zero-order valence-electron chi connectivity index (χ0n) is 9.72. The molecule has 0 aromatic heterocycles. The summed E-state index contributed by atoms with van der Waals surface area (Å²) in [6.45, 7) is 2.65. The first kappa shape index (κ1) is 12.1. The number of nitrogens with zero attached hydrogens (tertiary/aromatic N) is 1. The summed E-state index contributed by atoms with van der Waals surface area (Å²) in [6, 6.07) is 5.23. The van der Waals surface area contributed by atoms with Crippen LogP contribution in [-0.4, -0.2) is 29.4 Å². The van der Waals surface area contributed by atoms with Gasteiger partial charge in [0.2, 0.25) is 0 Å². The van der Waals surface area contributed by atoms with Crippen LogP contribution in [0.1, 0.15) is 13.3 Å². The highest BCUT2D eigenvalue weighted by molar-refractivity contribution is 7.99. The lowest BCUT2D eigenvalue weighted by atomic mass is 10.1. The van der Waals surface area contributed by atoms with E-state index in [9.17, 15) is 9.90 Å². The van der Waals surface area contributed by atoms with Crippen LogP contribution in [0, 0.1) is 0 Å². The van der Waals surface area contributed by atoms with Crippen LogP contribution < -0.4 is 10.6 Å². The average Bonchev–Trinajstić information content (AvgIpc) is 2.30. The number of hydrogen-bond donors (Lipinski definition) is 2.